The van der Waals surface area contributed by atoms with E-state index in [1.54, 1.807) is 0 Å². The van der Waals surface area contributed by atoms with Crippen molar-refractivity contribution >= 4 is 11.8 Å². The molecule has 21 heavy (non-hydrogen) atoms. The molecule has 0 aromatic carbocycles. The van der Waals surface area contributed by atoms with Crippen LogP contribution in [0.5, 0.6) is 0 Å². The molecule has 1 N–H and O–H groups in total. The Kier molecular flexibility index (Phi) is 5.55. The molecule has 0 saturated heterocycles. The number of rotatable bonds is 5. The summed E-state index contributed by atoms with van der Waals surface area (Å²) in [5, 5.41) is 4.94. The molecule has 0 bridgehead atoms. The molecule has 0 radical (unpaired) electrons. The lowest BCUT2D eigenvalue weighted by atomic mass is 9.55. The van der Waals surface area contributed by atoms with Gasteiger partial charge in [-0.15, -0.1) is 0 Å². The van der Waals surface area contributed by atoms with E-state index in [1.165, 1.54) is 64.2 Å². The maximum atomic E-state index is 6.10. The summed E-state index contributed by atoms with van der Waals surface area (Å²) in [5.41, 5.74) is 0.481. The molecule has 2 nitrogen and oxygen atoms in total. The van der Waals surface area contributed by atoms with E-state index in [9.17, 15) is 0 Å². The van der Waals surface area contributed by atoms with Crippen molar-refractivity contribution in [1.29, 1.82) is 0 Å². The van der Waals surface area contributed by atoms with Crippen LogP contribution in [-0.4, -0.2) is 36.3 Å². The van der Waals surface area contributed by atoms with Crippen LogP contribution in [0.15, 0.2) is 0 Å². The van der Waals surface area contributed by atoms with E-state index in [4.69, 9.17) is 4.74 Å². The standard InChI is InChI=1S/C18H33NOS/c1-3-20-17-13-16(18(17)11-7-4-8-12-18)19-14-9-5-6-10-15(14)21-2/h14-17,19H,3-13H2,1-2H3. The molecule has 3 rings (SSSR count). The van der Waals surface area contributed by atoms with Gasteiger partial charge in [-0.05, 0) is 45.3 Å². The third-order valence-corrected chi connectivity index (χ3v) is 7.53. The quantitative estimate of drug-likeness (QED) is 0.814. The van der Waals surface area contributed by atoms with Crippen molar-refractivity contribution < 1.29 is 4.74 Å². The van der Waals surface area contributed by atoms with Crippen LogP contribution in [0.25, 0.3) is 0 Å². The van der Waals surface area contributed by atoms with Crippen LogP contribution in [0.3, 0.4) is 0 Å². The van der Waals surface area contributed by atoms with Gasteiger partial charge < -0.3 is 10.1 Å². The van der Waals surface area contributed by atoms with Gasteiger partial charge in [0, 0.05) is 29.4 Å². The van der Waals surface area contributed by atoms with Crippen LogP contribution >= 0.6 is 11.8 Å². The average Bonchev–Trinajstić information content (AvgIpc) is 2.55. The Morgan fingerprint density at radius 2 is 1.86 bits per heavy atom. The smallest absolute Gasteiger partial charge is 0.0661 e. The maximum absolute atomic E-state index is 6.10. The van der Waals surface area contributed by atoms with Crippen LogP contribution in [0, 0.1) is 5.41 Å². The summed E-state index contributed by atoms with van der Waals surface area (Å²) >= 11 is 2.08. The number of hydrogen-bond donors (Lipinski definition) is 1. The zero-order valence-corrected chi connectivity index (χ0v) is 14.7. The molecule has 0 heterocycles. The lowest BCUT2D eigenvalue weighted by molar-refractivity contribution is -0.152. The second-order valence-electron chi connectivity index (χ2n) is 7.36. The molecule has 3 fully saturated rings. The lowest BCUT2D eigenvalue weighted by Crippen LogP contribution is -2.67. The van der Waals surface area contributed by atoms with E-state index in [0.717, 1.165) is 23.9 Å². The van der Waals surface area contributed by atoms with Gasteiger partial charge in [-0.25, -0.2) is 0 Å². The zero-order chi connectivity index (χ0) is 14.7. The molecule has 0 aliphatic heterocycles. The molecule has 3 aliphatic rings. The first-order valence-corrected chi connectivity index (χ1v) is 10.5. The predicted molar refractivity (Wildman–Crippen MR) is 92.0 cm³/mol. The van der Waals surface area contributed by atoms with Crippen LogP contribution in [-0.2, 0) is 4.74 Å². The Morgan fingerprint density at radius 1 is 1.10 bits per heavy atom. The number of thioether (sulfide) groups is 1. The summed E-state index contributed by atoms with van der Waals surface area (Å²) in [5.74, 6) is 0. The number of hydrogen-bond acceptors (Lipinski definition) is 3. The minimum Gasteiger partial charge on any atom is -0.378 e. The van der Waals surface area contributed by atoms with Gasteiger partial charge in [0.2, 0.25) is 0 Å². The molecule has 4 atom stereocenters. The molecule has 1 spiro atoms. The lowest BCUT2D eigenvalue weighted by Gasteiger charge is -2.59. The van der Waals surface area contributed by atoms with Crippen molar-refractivity contribution in [2.45, 2.75) is 94.6 Å². The first kappa shape index (κ1) is 16.1. The molecule has 3 heteroatoms. The van der Waals surface area contributed by atoms with E-state index < -0.39 is 0 Å². The predicted octanol–water partition coefficient (Wildman–Crippen LogP) is 4.38. The van der Waals surface area contributed by atoms with Crippen molar-refractivity contribution in [3.05, 3.63) is 0 Å². The monoisotopic (exact) mass is 311 g/mol. The Morgan fingerprint density at radius 3 is 2.57 bits per heavy atom. The Hall–Kier alpha value is 0.270. The molecule has 122 valence electrons. The van der Waals surface area contributed by atoms with Crippen molar-refractivity contribution in [3.8, 4) is 0 Å². The van der Waals surface area contributed by atoms with Gasteiger partial charge in [0.25, 0.3) is 0 Å². The molecular formula is C18H33NOS. The van der Waals surface area contributed by atoms with Crippen LogP contribution < -0.4 is 5.32 Å². The van der Waals surface area contributed by atoms with Crippen molar-refractivity contribution in [1.82, 2.24) is 5.32 Å². The Labute approximate surface area is 135 Å². The van der Waals surface area contributed by atoms with E-state index in [2.05, 4.69) is 30.3 Å². The molecule has 4 unspecified atom stereocenters. The minimum absolute atomic E-state index is 0.481. The highest BCUT2D eigenvalue weighted by Gasteiger charge is 2.56. The second kappa shape index (κ2) is 7.23. The fourth-order valence-corrected chi connectivity index (χ4v) is 6.07. The second-order valence-corrected chi connectivity index (χ2v) is 8.43. The number of ether oxygens (including phenoxy) is 1. The molecule has 0 amide bonds. The van der Waals surface area contributed by atoms with Crippen LogP contribution in [0.1, 0.15) is 71.1 Å². The fourth-order valence-electron chi connectivity index (χ4n) is 5.13. The first-order chi connectivity index (χ1) is 10.3. The van der Waals surface area contributed by atoms with Gasteiger partial charge in [0.1, 0.15) is 0 Å². The van der Waals surface area contributed by atoms with Crippen molar-refractivity contribution in [3.63, 3.8) is 0 Å². The van der Waals surface area contributed by atoms with Gasteiger partial charge in [-0.2, -0.15) is 11.8 Å². The highest BCUT2D eigenvalue weighted by atomic mass is 32.2. The molecule has 3 aliphatic carbocycles. The van der Waals surface area contributed by atoms with Crippen molar-refractivity contribution in [2.24, 2.45) is 5.41 Å². The Balaban J connectivity index is 1.64. The summed E-state index contributed by atoms with van der Waals surface area (Å²) < 4.78 is 6.10. The van der Waals surface area contributed by atoms with Gasteiger partial charge in [0.05, 0.1) is 6.10 Å². The summed E-state index contributed by atoms with van der Waals surface area (Å²) in [7, 11) is 0. The minimum atomic E-state index is 0.481. The maximum Gasteiger partial charge on any atom is 0.0661 e. The highest BCUT2D eigenvalue weighted by molar-refractivity contribution is 7.99. The topological polar surface area (TPSA) is 21.3 Å². The largest absolute Gasteiger partial charge is 0.378 e. The van der Waals surface area contributed by atoms with Gasteiger partial charge in [-0.3, -0.25) is 0 Å². The average molecular weight is 312 g/mol. The third kappa shape index (κ3) is 3.16. The SMILES string of the molecule is CCOC1CC(NC2CCCCC2SC)C12CCCCC2. The van der Waals surface area contributed by atoms with E-state index in [0.29, 0.717) is 11.5 Å². The first-order valence-electron chi connectivity index (χ1n) is 9.20. The van der Waals surface area contributed by atoms with E-state index in [1.807, 2.05) is 0 Å². The van der Waals surface area contributed by atoms with Gasteiger partial charge in [-0.1, -0.05) is 32.1 Å². The summed E-state index contributed by atoms with van der Waals surface area (Å²) in [4.78, 5) is 0. The number of nitrogens with one attached hydrogen (secondary N) is 1. The molecule has 0 aromatic heterocycles. The molecule has 0 aromatic rings. The summed E-state index contributed by atoms with van der Waals surface area (Å²) in [6.07, 6.45) is 16.8. The summed E-state index contributed by atoms with van der Waals surface area (Å²) in [6.45, 7) is 3.04. The molecular weight excluding hydrogens is 278 g/mol. The zero-order valence-electron chi connectivity index (χ0n) is 13.9. The van der Waals surface area contributed by atoms with Gasteiger partial charge >= 0.3 is 0 Å². The van der Waals surface area contributed by atoms with E-state index >= 15 is 0 Å². The highest BCUT2D eigenvalue weighted by Crippen LogP contribution is 2.53. The van der Waals surface area contributed by atoms with Crippen LogP contribution in [0.2, 0.25) is 0 Å². The van der Waals surface area contributed by atoms with Gasteiger partial charge in [0.15, 0.2) is 0 Å². The normalized spacial score (nSPS) is 39.1. The Bertz CT molecular complexity index is 329. The third-order valence-electron chi connectivity index (χ3n) is 6.36. The van der Waals surface area contributed by atoms with Crippen LogP contribution in [0.4, 0.5) is 0 Å². The van der Waals surface area contributed by atoms with E-state index in [-0.39, 0.29) is 0 Å². The molecule has 3 saturated carbocycles. The fraction of sp³-hybridized carbons (Fsp3) is 1.00. The summed E-state index contributed by atoms with van der Waals surface area (Å²) in [6, 6.07) is 1.48. The van der Waals surface area contributed by atoms with Crippen molar-refractivity contribution in [2.75, 3.05) is 12.9 Å².